The van der Waals surface area contributed by atoms with E-state index >= 15 is 0 Å². The van der Waals surface area contributed by atoms with Crippen LogP contribution in [0.2, 0.25) is 0 Å². The minimum atomic E-state index is -0.436. The number of rotatable bonds is 3. The summed E-state index contributed by atoms with van der Waals surface area (Å²) >= 11 is 0. The first-order chi connectivity index (χ1) is 13.4. The average Bonchev–Trinajstić information content (AvgIpc) is 3.02. The van der Waals surface area contributed by atoms with E-state index in [0.717, 1.165) is 22.4 Å². The van der Waals surface area contributed by atoms with Crippen LogP contribution in [-0.4, -0.2) is 30.7 Å². The minimum absolute atomic E-state index is 0.00782. The molecule has 0 aliphatic carbocycles. The summed E-state index contributed by atoms with van der Waals surface area (Å²) in [6.45, 7) is 4.02. The van der Waals surface area contributed by atoms with Gasteiger partial charge in [0.05, 0.1) is 18.4 Å². The van der Waals surface area contributed by atoms with Gasteiger partial charge in [0.2, 0.25) is 5.91 Å². The molecular weight excluding hydrogens is 358 g/mol. The number of ether oxygens (including phenoxy) is 2. The molecule has 2 aromatic carbocycles. The Hall–Kier alpha value is -3.28. The molecule has 0 fully saturated rings. The number of aryl methyl sites for hydroxylation is 2. The zero-order valence-electron chi connectivity index (χ0n) is 16.0. The monoisotopic (exact) mass is 379 g/mol. The fourth-order valence-corrected chi connectivity index (χ4v) is 4.03. The molecular formula is C22H21NO5. The summed E-state index contributed by atoms with van der Waals surface area (Å²) in [6, 6.07) is 10.8. The smallest absolute Gasteiger partial charge is 0.336 e. The van der Waals surface area contributed by atoms with Crippen LogP contribution in [0, 0.1) is 13.8 Å². The predicted octanol–water partition coefficient (Wildman–Crippen LogP) is 3.35. The summed E-state index contributed by atoms with van der Waals surface area (Å²) in [5.41, 5.74) is 4.64. The van der Waals surface area contributed by atoms with E-state index in [9.17, 15) is 14.7 Å². The van der Waals surface area contributed by atoms with Crippen molar-refractivity contribution in [2.45, 2.75) is 26.2 Å². The molecule has 1 atom stereocenters. The quantitative estimate of drug-likeness (QED) is 0.828. The number of carbonyl (C=O) groups excluding carboxylic acids is 2. The lowest BCUT2D eigenvalue weighted by molar-refractivity contribution is -0.136. The number of amides is 1. The number of cyclic esters (lactones) is 1. The fraction of sp³-hybridized carbons (Fsp3) is 0.273. The Morgan fingerprint density at radius 3 is 2.50 bits per heavy atom. The lowest BCUT2D eigenvalue weighted by atomic mass is 9.84. The van der Waals surface area contributed by atoms with E-state index in [1.165, 1.54) is 13.2 Å². The number of aromatic hydroxyl groups is 1. The molecule has 0 spiro atoms. The van der Waals surface area contributed by atoms with E-state index in [4.69, 9.17) is 9.47 Å². The largest absolute Gasteiger partial charge is 0.504 e. The SMILES string of the molecule is COc1cc([C@@H]2CC(=O)N(c3cc(C)cc(C)c3)C3=C2C(=O)OC3)ccc1O. The van der Waals surface area contributed by atoms with E-state index in [1.807, 2.05) is 32.0 Å². The van der Waals surface area contributed by atoms with Gasteiger partial charge in [-0.05, 0) is 54.8 Å². The summed E-state index contributed by atoms with van der Waals surface area (Å²) in [5, 5.41) is 9.86. The topological polar surface area (TPSA) is 76.1 Å². The van der Waals surface area contributed by atoms with Crippen molar-refractivity contribution in [2.24, 2.45) is 0 Å². The molecule has 0 aromatic heterocycles. The molecule has 2 aliphatic heterocycles. The third kappa shape index (κ3) is 2.91. The third-order valence-corrected chi connectivity index (χ3v) is 5.19. The number of esters is 1. The van der Waals surface area contributed by atoms with Crippen LogP contribution < -0.4 is 9.64 Å². The maximum Gasteiger partial charge on any atom is 0.336 e. The number of phenols is 1. The van der Waals surface area contributed by atoms with Crippen LogP contribution in [0.25, 0.3) is 0 Å². The molecule has 1 N–H and O–H groups in total. The van der Waals surface area contributed by atoms with Gasteiger partial charge in [0.15, 0.2) is 11.5 Å². The number of hydrogen-bond acceptors (Lipinski definition) is 5. The van der Waals surface area contributed by atoms with Gasteiger partial charge in [-0.25, -0.2) is 4.79 Å². The Morgan fingerprint density at radius 2 is 1.82 bits per heavy atom. The van der Waals surface area contributed by atoms with E-state index in [1.54, 1.807) is 17.0 Å². The second-order valence-corrected chi connectivity index (χ2v) is 7.20. The molecule has 0 saturated carbocycles. The molecule has 6 nitrogen and oxygen atoms in total. The van der Waals surface area contributed by atoms with Crippen molar-refractivity contribution >= 4 is 17.6 Å². The molecule has 4 rings (SSSR count). The Kier molecular flexibility index (Phi) is 4.34. The number of methoxy groups -OCH3 is 1. The van der Waals surface area contributed by atoms with Crippen LogP contribution in [-0.2, 0) is 14.3 Å². The summed E-state index contributed by atoms with van der Waals surface area (Å²) in [5.74, 6) is -0.634. The Labute approximate surface area is 163 Å². The second kappa shape index (κ2) is 6.71. The van der Waals surface area contributed by atoms with Crippen LogP contribution in [0.15, 0.2) is 47.7 Å². The normalized spacial score (nSPS) is 19.0. The summed E-state index contributed by atoms with van der Waals surface area (Å²) < 4.78 is 10.5. The minimum Gasteiger partial charge on any atom is -0.504 e. The van der Waals surface area contributed by atoms with Gasteiger partial charge in [-0.15, -0.1) is 0 Å². The van der Waals surface area contributed by atoms with Crippen LogP contribution in [0.3, 0.4) is 0 Å². The molecule has 0 radical (unpaired) electrons. The molecule has 2 heterocycles. The van der Waals surface area contributed by atoms with E-state index in [2.05, 4.69) is 0 Å². The maximum atomic E-state index is 13.1. The number of phenolic OH excluding ortho intramolecular Hbond substituents is 1. The number of hydrogen-bond donors (Lipinski definition) is 1. The highest BCUT2D eigenvalue weighted by molar-refractivity contribution is 6.06. The lowest BCUT2D eigenvalue weighted by Crippen LogP contribution is -2.37. The maximum absolute atomic E-state index is 13.1. The number of carbonyl (C=O) groups is 2. The second-order valence-electron chi connectivity index (χ2n) is 7.20. The highest BCUT2D eigenvalue weighted by atomic mass is 16.5. The van der Waals surface area contributed by atoms with Crippen molar-refractivity contribution in [3.05, 3.63) is 64.4 Å². The highest BCUT2D eigenvalue weighted by Gasteiger charge is 2.43. The summed E-state index contributed by atoms with van der Waals surface area (Å²) in [7, 11) is 1.46. The predicted molar refractivity (Wildman–Crippen MR) is 103 cm³/mol. The zero-order valence-corrected chi connectivity index (χ0v) is 16.0. The van der Waals surface area contributed by atoms with Crippen molar-refractivity contribution in [2.75, 3.05) is 18.6 Å². The number of anilines is 1. The molecule has 6 heteroatoms. The molecule has 0 unspecified atom stereocenters. The van der Waals surface area contributed by atoms with Gasteiger partial charge in [0.25, 0.3) is 0 Å². The van der Waals surface area contributed by atoms with E-state index in [-0.39, 0.29) is 24.7 Å². The Bertz CT molecular complexity index is 1000. The van der Waals surface area contributed by atoms with Gasteiger partial charge in [0.1, 0.15) is 6.61 Å². The highest BCUT2D eigenvalue weighted by Crippen LogP contribution is 2.43. The number of benzene rings is 2. The van der Waals surface area contributed by atoms with Gasteiger partial charge in [0, 0.05) is 18.0 Å². The van der Waals surface area contributed by atoms with Gasteiger partial charge in [-0.1, -0.05) is 12.1 Å². The molecule has 28 heavy (non-hydrogen) atoms. The molecule has 1 amide bonds. The summed E-state index contributed by atoms with van der Waals surface area (Å²) in [6.07, 6.45) is 0.134. The van der Waals surface area contributed by atoms with Crippen LogP contribution in [0.4, 0.5) is 5.69 Å². The lowest BCUT2D eigenvalue weighted by Gasteiger charge is -2.32. The van der Waals surface area contributed by atoms with Gasteiger partial charge in [-0.2, -0.15) is 0 Å². The Balaban J connectivity index is 1.84. The van der Waals surface area contributed by atoms with Crippen molar-refractivity contribution in [1.29, 1.82) is 0 Å². The first-order valence-corrected chi connectivity index (χ1v) is 9.07. The average molecular weight is 379 g/mol. The van der Waals surface area contributed by atoms with Crippen LogP contribution >= 0.6 is 0 Å². The fourth-order valence-electron chi connectivity index (χ4n) is 4.03. The van der Waals surface area contributed by atoms with E-state index < -0.39 is 11.9 Å². The molecule has 144 valence electrons. The Morgan fingerprint density at radius 1 is 1.11 bits per heavy atom. The van der Waals surface area contributed by atoms with Gasteiger partial charge >= 0.3 is 5.97 Å². The van der Waals surface area contributed by atoms with Crippen molar-refractivity contribution in [3.8, 4) is 11.5 Å². The zero-order chi connectivity index (χ0) is 20.0. The van der Waals surface area contributed by atoms with Crippen LogP contribution in [0.5, 0.6) is 11.5 Å². The van der Waals surface area contributed by atoms with E-state index in [0.29, 0.717) is 17.0 Å². The summed E-state index contributed by atoms with van der Waals surface area (Å²) in [4.78, 5) is 27.3. The molecule has 0 saturated heterocycles. The molecule has 2 aliphatic rings. The third-order valence-electron chi connectivity index (χ3n) is 5.19. The van der Waals surface area contributed by atoms with Crippen LogP contribution in [0.1, 0.15) is 29.0 Å². The standard InChI is InChI=1S/C22H21NO5/c1-12-6-13(2)8-15(7-12)23-17-11-28-22(26)21(17)16(10-20(23)25)14-4-5-18(24)19(9-14)27-3/h4-9,16,24H,10-11H2,1-3H3/t16-/m0/s1. The first kappa shape index (κ1) is 18.1. The van der Waals surface area contributed by atoms with Crippen molar-refractivity contribution in [1.82, 2.24) is 0 Å². The van der Waals surface area contributed by atoms with Gasteiger partial charge < -0.3 is 14.6 Å². The van der Waals surface area contributed by atoms with Gasteiger partial charge in [-0.3, -0.25) is 9.69 Å². The van der Waals surface area contributed by atoms with Crippen molar-refractivity contribution in [3.63, 3.8) is 0 Å². The molecule has 2 aromatic rings. The molecule has 0 bridgehead atoms. The number of nitrogens with zero attached hydrogens (tertiary/aromatic N) is 1. The first-order valence-electron chi connectivity index (χ1n) is 9.07. The van der Waals surface area contributed by atoms with Crippen molar-refractivity contribution < 1.29 is 24.2 Å².